The highest BCUT2D eigenvalue weighted by molar-refractivity contribution is 5.79. The molecule has 1 aliphatic rings. The van der Waals surface area contributed by atoms with Crippen molar-refractivity contribution in [1.82, 2.24) is 20.7 Å². The Hall–Kier alpha value is -2.54. The normalized spacial score (nSPS) is 15.6. The molecule has 0 amide bonds. The van der Waals surface area contributed by atoms with Gasteiger partial charge in [0.1, 0.15) is 0 Å². The van der Waals surface area contributed by atoms with Crippen molar-refractivity contribution >= 4 is 11.6 Å². The van der Waals surface area contributed by atoms with Crippen molar-refractivity contribution < 1.29 is 4.52 Å². The number of nitrogens with one attached hydrogen (secondary N) is 2. The summed E-state index contributed by atoms with van der Waals surface area (Å²) in [5.74, 6) is 1.99. The van der Waals surface area contributed by atoms with E-state index in [1.54, 1.807) is 7.05 Å². The maximum atomic E-state index is 5.37. The summed E-state index contributed by atoms with van der Waals surface area (Å²) in [6.45, 7) is 13.4. The Kier molecular flexibility index (Phi) is 8.13. The van der Waals surface area contributed by atoms with Gasteiger partial charge in [-0.1, -0.05) is 31.1 Å². The predicted molar refractivity (Wildman–Crippen MR) is 123 cm³/mol. The van der Waals surface area contributed by atoms with Gasteiger partial charge in [-0.25, -0.2) is 0 Å². The van der Waals surface area contributed by atoms with Gasteiger partial charge in [-0.15, -0.1) is 0 Å². The largest absolute Gasteiger partial charge is 0.369 e. The summed E-state index contributed by atoms with van der Waals surface area (Å²) in [5, 5.41) is 10.8. The molecule has 1 aromatic heterocycles. The molecule has 0 unspecified atom stereocenters. The molecule has 1 aliphatic heterocycles. The number of rotatable bonds is 8. The molecule has 2 N–H and O–H groups in total. The number of benzene rings is 1. The minimum Gasteiger partial charge on any atom is -0.369 e. The van der Waals surface area contributed by atoms with E-state index < -0.39 is 0 Å². The second kappa shape index (κ2) is 11.0. The molecule has 3 rings (SSSR count). The van der Waals surface area contributed by atoms with Gasteiger partial charge < -0.3 is 20.1 Å². The second-order valence-electron chi connectivity index (χ2n) is 8.25. The van der Waals surface area contributed by atoms with Crippen LogP contribution >= 0.6 is 0 Å². The number of aromatic nitrogens is 1. The van der Waals surface area contributed by atoms with E-state index in [0.29, 0.717) is 12.5 Å². The van der Waals surface area contributed by atoms with E-state index in [2.05, 4.69) is 75.6 Å². The van der Waals surface area contributed by atoms with E-state index >= 15 is 0 Å². The van der Waals surface area contributed by atoms with Gasteiger partial charge in [0.25, 0.3) is 0 Å². The standard InChI is InChI=1S/C23H36N6O/c1-18(2)22-16-21(30-27-22)17-26-23(24-4)25-9-6-10-28-11-13-29(14-12-28)20-8-5-7-19(3)15-20/h5,7-8,15-16,18H,6,9-14,17H2,1-4H3,(H2,24,25,26). The number of hydrogen-bond donors (Lipinski definition) is 2. The number of aryl methyl sites for hydroxylation is 1. The van der Waals surface area contributed by atoms with Crippen molar-refractivity contribution in [1.29, 1.82) is 0 Å². The molecular weight excluding hydrogens is 376 g/mol. The molecule has 0 bridgehead atoms. The zero-order valence-corrected chi connectivity index (χ0v) is 18.8. The molecule has 2 aromatic rings. The first-order chi connectivity index (χ1) is 14.5. The average Bonchev–Trinajstić information content (AvgIpc) is 3.23. The van der Waals surface area contributed by atoms with Crippen molar-refractivity contribution in [2.75, 3.05) is 51.2 Å². The van der Waals surface area contributed by atoms with Gasteiger partial charge in [0.15, 0.2) is 11.7 Å². The summed E-state index contributed by atoms with van der Waals surface area (Å²) >= 11 is 0. The number of aliphatic imine (C=N–C) groups is 1. The van der Waals surface area contributed by atoms with E-state index in [1.165, 1.54) is 11.3 Å². The monoisotopic (exact) mass is 412 g/mol. The molecule has 0 atom stereocenters. The molecule has 0 saturated carbocycles. The van der Waals surface area contributed by atoms with Crippen LogP contribution in [0.1, 0.15) is 43.2 Å². The van der Waals surface area contributed by atoms with E-state index in [9.17, 15) is 0 Å². The second-order valence-corrected chi connectivity index (χ2v) is 8.25. The Morgan fingerprint density at radius 3 is 2.63 bits per heavy atom. The fourth-order valence-corrected chi connectivity index (χ4v) is 3.64. The van der Waals surface area contributed by atoms with Gasteiger partial charge in [-0.05, 0) is 43.5 Å². The molecule has 1 fully saturated rings. The highest BCUT2D eigenvalue weighted by Crippen LogP contribution is 2.18. The van der Waals surface area contributed by atoms with Crippen LogP contribution in [0.15, 0.2) is 39.8 Å². The lowest BCUT2D eigenvalue weighted by Crippen LogP contribution is -2.47. The lowest BCUT2D eigenvalue weighted by molar-refractivity contribution is 0.255. The van der Waals surface area contributed by atoms with E-state index in [0.717, 1.165) is 63.1 Å². The van der Waals surface area contributed by atoms with Crippen LogP contribution in [0.4, 0.5) is 5.69 Å². The molecule has 0 spiro atoms. The Labute approximate surface area is 180 Å². The Bertz CT molecular complexity index is 808. The van der Waals surface area contributed by atoms with Crippen LogP contribution in [-0.2, 0) is 6.54 Å². The van der Waals surface area contributed by atoms with Gasteiger partial charge in [0.2, 0.25) is 0 Å². The molecular formula is C23H36N6O. The third kappa shape index (κ3) is 6.49. The van der Waals surface area contributed by atoms with E-state index in [4.69, 9.17) is 4.52 Å². The maximum Gasteiger partial charge on any atom is 0.191 e. The maximum absolute atomic E-state index is 5.37. The number of nitrogens with zero attached hydrogens (tertiary/aromatic N) is 4. The predicted octanol–water partition coefficient (Wildman–Crippen LogP) is 2.98. The summed E-state index contributed by atoms with van der Waals surface area (Å²) in [6, 6.07) is 10.8. The number of piperazine rings is 1. The van der Waals surface area contributed by atoms with Gasteiger partial charge >= 0.3 is 0 Å². The molecule has 2 heterocycles. The third-order valence-corrected chi connectivity index (χ3v) is 5.51. The van der Waals surface area contributed by atoms with Crippen molar-refractivity contribution in [3.05, 3.63) is 47.3 Å². The fourth-order valence-electron chi connectivity index (χ4n) is 3.64. The Morgan fingerprint density at radius 2 is 1.97 bits per heavy atom. The van der Waals surface area contributed by atoms with Crippen molar-refractivity contribution in [3.63, 3.8) is 0 Å². The summed E-state index contributed by atoms with van der Waals surface area (Å²) < 4.78 is 5.37. The topological polar surface area (TPSA) is 68.9 Å². The lowest BCUT2D eigenvalue weighted by atomic mass is 10.1. The highest BCUT2D eigenvalue weighted by Gasteiger charge is 2.16. The number of hydrogen-bond acceptors (Lipinski definition) is 5. The van der Waals surface area contributed by atoms with Gasteiger partial charge in [-0.2, -0.15) is 0 Å². The van der Waals surface area contributed by atoms with Gasteiger partial charge in [0.05, 0.1) is 12.2 Å². The van der Waals surface area contributed by atoms with Gasteiger partial charge in [-0.3, -0.25) is 9.89 Å². The minimum atomic E-state index is 0.374. The summed E-state index contributed by atoms with van der Waals surface area (Å²) in [7, 11) is 1.79. The Morgan fingerprint density at radius 1 is 1.17 bits per heavy atom. The molecule has 1 aromatic carbocycles. The molecule has 1 saturated heterocycles. The van der Waals surface area contributed by atoms with E-state index in [1.807, 2.05) is 6.07 Å². The zero-order valence-electron chi connectivity index (χ0n) is 18.8. The van der Waals surface area contributed by atoms with Crippen molar-refractivity contribution in [3.8, 4) is 0 Å². The molecule has 0 aliphatic carbocycles. The first kappa shape index (κ1) is 22.2. The quantitative estimate of drug-likeness (QED) is 0.395. The summed E-state index contributed by atoms with van der Waals surface area (Å²) in [5.41, 5.74) is 3.65. The fraction of sp³-hybridized carbons (Fsp3) is 0.565. The lowest BCUT2D eigenvalue weighted by Gasteiger charge is -2.36. The van der Waals surface area contributed by atoms with Crippen LogP contribution in [0, 0.1) is 6.92 Å². The van der Waals surface area contributed by atoms with Crippen LogP contribution < -0.4 is 15.5 Å². The summed E-state index contributed by atoms with van der Waals surface area (Å²) in [6.07, 6.45) is 1.09. The smallest absolute Gasteiger partial charge is 0.191 e. The van der Waals surface area contributed by atoms with E-state index in [-0.39, 0.29) is 0 Å². The zero-order chi connectivity index (χ0) is 21.3. The van der Waals surface area contributed by atoms with Crippen LogP contribution in [0.3, 0.4) is 0 Å². The van der Waals surface area contributed by atoms with Crippen LogP contribution in [0.5, 0.6) is 0 Å². The third-order valence-electron chi connectivity index (χ3n) is 5.51. The average molecular weight is 413 g/mol. The SMILES string of the molecule is CN=C(NCCCN1CCN(c2cccc(C)c2)CC1)NCc1cc(C(C)C)no1. The Balaban J connectivity index is 1.31. The van der Waals surface area contributed by atoms with Gasteiger partial charge in [0, 0.05) is 51.5 Å². The molecule has 7 heteroatoms. The molecule has 0 radical (unpaired) electrons. The first-order valence-corrected chi connectivity index (χ1v) is 11.0. The van der Waals surface area contributed by atoms with Crippen LogP contribution in [-0.4, -0.2) is 62.3 Å². The van der Waals surface area contributed by atoms with Crippen molar-refractivity contribution in [2.24, 2.45) is 4.99 Å². The first-order valence-electron chi connectivity index (χ1n) is 11.0. The van der Waals surface area contributed by atoms with Crippen LogP contribution in [0.2, 0.25) is 0 Å². The van der Waals surface area contributed by atoms with Crippen LogP contribution in [0.25, 0.3) is 0 Å². The number of anilines is 1. The molecule has 7 nitrogen and oxygen atoms in total. The molecule has 164 valence electrons. The minimum absolute atomic E-state index is 0.374. The highest BCUT2D eigenvalue weighted by atomic mass is 16.5. The number of guanidine groups is 1. The van der Waals surface area contributed by atoms with Crippen molar-refractivity contribution in [2.45, 2.75) is 39.7 Å². The molecule has 30 heavy (non-hydrogen) atoms. The summed E-state index contributed by atoms with van der Waals surface area (Å²) in [4.78, 5) is 9.33.